The molecule has 1 aliphatic rings. The summed E-state index contributed by atoms with van der Waals surface area (Å²) in [4.78, 5) is 24.1. The van der Waals surface area contributed by atoms with Gasteiger partial charge in [0, 0.05) is 23.6 Å². The fourth-order valence-corrected chi connectivity index (χ4v) is 3.06. The highest BCUT2D eigenvalue weighted by Gasteiger charge is 2.31. The van der Waals surface area contributed by atoms with Crippen LogP contribution in [-0.2, 0) is 9.59 Å². The van der Waals surface area contributed by atoms with Crippen molar-refractivity contribution < 1.29 is 14.7 Å². The number of carbonyl (C=O) groups is 2. The van der Waals surface area contributed by atoms with Crippen molar-refractivity contribution in [3.05, 3.63) is 0 Å². The molecule has 0 radical (unpaired) electrons. The van der Waals surface area contributed by atoms with E-state index in [0.717, 1.165) is 0 Å². The average molecular weight is 231 g/mol. The fraction of sp³-hybridized carbons (Fsp3) is 0.800. The zero-order chi connectivity index (χ0) is 11.6. The lowest BCUT2D eigenvalue weighted by molar-refractivity contribution is -0.150. The second-order valence-corrected chi connectivity index (χ2v) is 5.94. The molecule has 0 aromatic carbocycles. The van der Waals surface area contributed by atoms with Gasteiger partial charge in [-0.15, -0.1) is 0 Å². The number of thioether (sulfide) groups is 1. The maximum absolute atomic E-state index is 11.8. The van der Waals surface area contributed by atoms with Crippen LogP contribution in [0.4, 0.5) is 0 Å². The predicted octanol–water partition coefficient (Wildman–Crippen LogP) is 1.06. The predicted molar refractivity (Wildman–Crippen MR) is 59.9 cm³/mol. The third kappa shape index (κ3) is 3.12. The SMILES string of the molecule is CC1CN(C(=O)C(C)C(=O)O)CC(C)S1. The van der Waals surface area contributed by atoms with Crippen LogP contribution in [0.25, 0.3) is 0 Å². The minimum Gasteiger partial charge on any atom is -0.481 e. The van der Waals surface area contributed by atoms with Gasteiger partial charge in [0.25, 0.3) is 0 Å². The first kappa shape index (κ1) is 12.4. The van der Waals surface area contributed by atoms with Crippen molar-refractivity contribution in [1.29, 1.82) is 0 Å². The Morgan fingerprint density at radius 1 is 1.33 bits per heavy atom. The van der Waals surface area contributed by atoms with E-state index in [-0.39, 0.29) is 5.91 Å². The van der Waals surface area contributed by atoms with E-state index in [1.165, 1.54) is 6.92 Å². The Hall–Kier alpha value is -0.710. The van der Waals surface area contributed by atoms with Crippen LogP contribution in [0, 0.1) is 5.92 Å². The van der Waals surface area contributed by atoms with E-state index < -0.39 is 11.9 Å². The number of amides is 1. The second kappa shape index (κ2) is 4.88. The maximum Gasteiger partial charge on any atom is 0.315 e. The third-order valence-corrected chi connectivity index (χ3v) is 3.70. The van der Waals surface area contributed by atoms with E-state index in [2.05, 4.69) is 13.8 Å². The molecule has 1 rings (SSSR count). The summed E-state index contributed by atoms with van der Waals surface area (Å²) < 4.78 is 0. The first-order chi connectivity index (χ1) is 6.91. The molecule has 86 valence electrons. The molecule has 4 nitrogen and oxygen atoms in total. The van der Waals surface area contributed by atoms with E-state index in [4.69, 9.17) is 5.11 Å². The average Bonchev–Trinajstić information content (AvgIpc) is 2.13. The largest absolute Gasteiger partial charge is 0.481 e. The lowest BCUT2D eigenvalue weighted by atomic mass is 10.1. The number of hydrogen-bond donors (Lipinski definition) is 1. The van der Waals surface area contributed by atoms with Crippen molar-refractivity contribution in [2.45, 2.75) is 31.3 Å². The lowest BCUT2D eigenvalue weighted by Crippen LogP contribution is -2.47. The molecule has 0 aliphatic carbocycles. The summed E-state index contributed by atoms with van der Waals surface area (Å²) in [5, 5.41) is 9.54. The van der Waals surface area contributed by atoms with Gasteiger partial charge in [-0.25, -0.2) is 0 Å². The number of carbonyl (C=O) groups excluding carboxylic acids is 1. The van der Waals surface area contributed by atoms with Crippen molar-refractivity contribution >= 4 is 23.6 Å². The number of carboxylic acid groups (broad SMARTS) is 1. The van der Waals surface area contributed by atoms with Gasteiger partial charge in [-0.2, -0.15) is 11.8 Å². The number of hydrogen-bond acceptors (Lipinski definition) is 3. The van der Waals surface area contributed by atoms with Gasteiger partial charge < -0.3 is 10.0 Å². The quantitative estimate of drug-likeness (QED) is 0.722. The van der Waals surface area contributed by atoms with Gasteiger partial charge in [0.15, 0.2) is 0 Å². The van der Waals surface area contributed by atoms with Crippen LogP contribution in [0.15, 0.2) is 0 Å². The highest BCUT2D eigenvalue weighted by molar-refractivity contribution is 8.00. The summed E-state index contributed by atoms with van der Waals surface area (Å²) in [6, 6.07) is 0. The molecule has 1 fully saturated rings. The Morgan fingerprint density at radius 2 is 1.80 bits per heavy atom. The van der Waals surface area contributed by atoms with Gasteiger partial charge in [-0.05, 0) is 6.92 Å². The summed E-state index contributed by atoms with van der Waals surface area (Å²) in [7, 11) is 0. The van der Waals surface area contributed by atoms with Crippen LogP contribution >= 0.6 is 11.8 Å². The topological polar surface area (TPSA) is 57.6 Å². The van der Waals surface area contributed by atoms with Gasteiger partial charge >= 0.3 is 5.97 Å². The molecule has 1 heterocycles. The maximum atomic E-state index is 11.8. The molecule has 0 bridgehead atoms. The first-order valence-corrected chi connectivity index (χ1v) is 6.03. The zero-order valence-corrected chi connectivity index (χ0v) is 10.1. The highest BCUT2D eigenvalue weighted by Crippen LogP contribution is 2.25. The first-order valence-electron chi connectivity index (χ1n) is 5.09. The Labute approximate surface area is 94.0 Å². The fourth-order valence-electron chi connectivity index (χ4n) is 1.74. The van der Waals surface area contributed by atoms with Crippen molar-refractivity contribution in [1.82, 2.24) is 4.90 Å². The number of rotatable bonds is 2. The van der Waals surface area contributed by atoms with Gasteiger partial charge in [-0.3, -0.25) is 9.59 Å². The standard InChI is InChI=1S/C10H17NO3S/c1-6-4-11(5-7(2)15-6)9(12)8(3)10(13)14/h6-8H,4-5H2,1-3H3,(H,13,14). The van der Waals surface area contributed by atoms with E-state index in [1.807, 2.05) is 11.8 Å². The third-order valence-electron chi connectivity index (χ3n) is 2.47. The summed E-state index contributed by atoms with van der Waals surface area (Å²) in [6.45, 7) is 6.89. The van der Waals surface area contributed by atoms with Crippen LogP contribution in [0.3, 0.4) is 0 Å². The number of aliphatic carboxylic acids is 1. The van der Waals surface area contributed by atoms with Crippen molar-refractivity contribution in [3.63, 3.8) is 0 Å². The van der Waals surface area contributed by atoms with Crippen molar-refractivity contribution in [2.75, 3.05) is 13.1 Å². The molecular weight excluding hydrogens is 214 g/mol. The van der Waals surface area contributed by atoms with Gasteiger partial charge in [0.2, 0.25) is 5.91 Å². The molecule has 5 heteroatoms. The summed E-state index contributed by atoms with van der Waals surface area (Å²) in [6.07, 6.45) is 0. The Kier molecular flexibility index (Phi) is 4.02. The zero-order valence-electron chi connectivity index (χ0n) is 9.27. The number of nitrogens with zero attached hydrogens (tertiary/aromatic N) is 1. The van der Waals surface area contributed by atoms with Gasteiger partial charge in [0.1, 0.15) is 5.92 Å². The number of carboxylic acids is 1. The van der Waals surface area contributed by atoms with Gasteiger partial charge in [0.05, 0.1) is 0 Å². The highest BCUT2D eigenvalue weighted by atomic mass is 32.2. The molecule has 1 saturated heterocycles. The normalized spacial score (nSPS) is 28.6. The molecule has 0 spiro atoms. The lowest BCUT2D eigenvalue weighted by Gasteiger charge is -2.35. The Balaban J connectivity index is 2.63. The molecule has 1 amide bonds. The summed E-state index contributed by atoms with van der Waals surface area (Å²) in [5.41, 5.74) is 0. The Morgan fingerprint density at radius 3 is 2.20 bits per heavy atom. The molecular formula is C10H17NO3S. The second-order valence-electron chi connectivity index (χ2n) is 4.06. The van der Waals surface area contributed by atoms with E-state index in [1.54, 1.807) is 4.90 Å². The minimum atomic E-state index is -1.04. The molecule has 0 aromatic rings. The van der Waals surface area contributed by atoms with Gasteiger partial charge in [-0.1, -0.05) is 13.8 Å². The van der Waals surface area contributed by atoms with Crippen LogP contribution in [0.1, 0.15) is 20.8 Å². The van der Waals surface area contributed by atoms with Crippen LogP contribution in [0.5, 0.6) is 0 Å². The summed E-state index contributed by atoms with van der Waals surface area (Å²) >= 11 is 1.84. The molecule has 3 unspecified atom stereocenters. The van der Waals surface area contributed by atoms with Crippen LogP contribution in [0.2, 0.25) is 0 Å². The van der Waals surface area contributed by atoms with Crippen molar-refractivity contribution in [2.24, 2.45) is 5.92 Å². The smallest absolute Gasteiger partial charge is 0.315 e. The van der Waals surface area contributed by atoms with E-state index >= 15 is 0 Å². The van der Waals surface area contributed by atoms with Crippen molar-refractivity contribution in [3.8, 4) is 0 Å². The summed E-state index contributed by atoms with van der Waals surface area (Å²) in [5.74, 6) is -2.23. The van der Waals surface area contributed by atoms with E-state index in [9.17, 15) is 9.59 Å². The minimum absolute atomic E-state index is 0.262. The molecule has 0 saturated carbocycles. The molecule has 1 N–H and O–H groups in total. The molecule has 3 atom stereocenters. The molecule has 1 aliphatic heterocycles. The molecule has 0 aromatic heterocycles. The van der Waals surface area contributed by atoms with Crippen LogP contribution < -0.4 is 0 Å². The van der Waals surface area contributed by atoms with E-state index in [0.29, 0.717) is 23.6 Å². The van der Waals surface area contributed by atoms with Crippen LogP contribution in [-0.4, -0.2) is 45.5 Å². The molecule has 15 heavy (non-hydrogen) atoms. The Bertz CT molecular complexity index is 259. The monoisotopic (exact) mass is 231 g/mol.